The summed E-state index contributed by atoms with van der Waals surface area (Å²) in [5, 5.41) is 11.8. The molecule has 0 aliphatic heterocycles. The molecule has 3 N–H and O–H groups in total. The number of carboxylic acid groups (broad SMARTS) is 1. The van der Waals surface area contributed by atoms with Crippen molar-refractivity contribution in [1.82, 2.24) is 15.0 Å². The normalized spacial score (nSPS) is 14.5. The maximum absolute atomic E-state index is 12.5. The minimum Gasteiger partial charge on any atom is -0.477 e. The predicted octanol–water partition coefficient (Wildman–Crippen LogP) is 2.14. The molecule has 3 rings (SSSR count). The molecule has 0 bridgehead atoms. The summed E-state index contributed by atoms with van der Waals surface area (Å²) in [5.41, 5.74) is 0.520. The molecular weight excluding hydrogens is 434 g/mol. The van der Waals surface area contributed by atoms with Crippen LogP contribution in [0.4, 0.5) is 0 Å². The highest BCUT2D eigenvalue weighted by molar-refractivity contribution is 7.90. The van der Waals surface area contributed by atoms with Crippen molar-refractivity contribution in [3.05, 3.63) is 59.4 Å². The topological polar surface area (TPSA) is 143 Å². The van der Waals surface area contributed by atoms with E-state index in [1.165, 1.54) is 24.6 Å². The summed E-state index contributed by atoms with van der Waals surface area (Å²) < 4.78 is 26.9. The van der Waals surface area contributed by atoms with E-state index in [0.717, 1.165) is 43.5 Å². The van der Waals surface area contributed by atoms with E-state index >= 15 is 0 Å². The van der Waals surface area contributed by atoms with Crippen LogP contribution in [0, 0.1) is 5.92 Å². The molecule has 32 heavy (non-hydrogen) atoms. The lowest BCUT2D eigenvalue weighted by Crippen LogP contribution is -2.33. The Morgan fingerprint density at radius 3 is 2.28 bits per heavy atom. The molecule has 10 heteroatoms. The summed E-state index contributed by atoms with van der Waals surface area (Å²) >= 11 is 0. The van der Waals surface area contributed by atoms with E-state index in [2.05, 4.69) is 10.3 Å². The third-order valence-corrected chi connectivity index (χ3v) is 6.74. The van der Waals surface area contributed by atoms with Gasteiger partial charge in [-0.2, -0.15) is 0 Å². The van der Waals surface area contributed by atoms with Gasteiger partial charge in [0.15, 0.2) is 0 Å². The van der Waals surface area contributed by atoms with Gasteiger partial charge in [-0.25, -0.2) is 22.9 Å². The van der Waals surface area contributed by atoms with Crippen LogP contribution >= 0.6 is 0 Å². The fourth-order valence-electron chi connectivity index (χ4n) is 3.57. The average Bonchev–Trinajstić information content (AvgIpc) is 2.79. The zero-order chi connectivity index (χ0) is 23.1. The van der Waals surface area contributed by atoms with Crippen LogP contribution in [0.15, 0.2) is 47.5 Å². The van der Waals surface area contributed by atoms with Crippen molar-refractivity contribution in [3.8, 4) is 0 Å². The number of amides is 2. The molecule has 2 aromatic rings. The zero-order valence-electron chi connectivity index (χ0n) is 17.4. The monoisotopic (exact) mass is 459 g/mol. The first-order valence-corrected chi connectivity index (χ1v) is 11.9. The van der Waals surface area contributed by atoms with Gasteiger partial charge in [-0.05, 0) is 49.1 Å². The van der Waals surface area contributed by atoms with Gasteiger partial charge in [-0.1, -0.05) is 31.4 Å². The third kappa shape index (κ3) is 6.13. The highest BCUT2D eigenvalue weighted by atomic mass is 32.2. The number of nitrogens with one attached hydrogen (secondary N) is 2. The Hall–Kier alpha value is -3.27. The highest BCUT2D eigenvalue weighted by Crippen LogP contribution is 2.23. The van der Waals surface area contributed by atoms with Gasteiger partial charge in [-0.3, -0.25) is 9.59 Å². The van der Waals surface area contributed by atoms with Crippen molar-refractivity contribution >= 4 is 27.8 Å². The number of sulfonamides is 1. The fraction of sp³-hybridized carbons (Fsp3) is 0.364. The van der Waals surface area contributed by atoms with Gasteiger partial charge < -0.3 is 10.4 Å². The van der Waals surface area contributed by atoms with Gasteiger partial charge in [-0.15, -0.1) is 0 Å². The van der Waals surface area contributed by atoms with Crippen molar-refractivity contribution in [2.24, 2.45) is 5.92 Å². The van der Waals surface area contributed by atoms with Gasteiger partial charge in [0, 0.05) is 18.7 Å². The molecule has 1 aliphatic carbocycles. The molecule has 0 radical (unpaired) electrons. The van der Waals surface area contributed by atoms with Crippen LogP contribution in [-0.4, -0.2) is 42.8 Å². The average molecular weight is 460 g/mol. The summed E-state index contributed by atoms with van der Waals surface area (Å²) in [4.78, 5) is 38.7. The molecule has 2 amide bonds. The maximum atomic E-state index is 12.5. The maximum Gasteiger partial charge on any atom is 0.354 e. The Labute approximate surface area is 186 Å². The van der Waals surface area contributed by atoms with E-state index < -0.39 is 21.9 Å². The largest absolute Gasteiger partial charge is 0.477 e. The van der Waals surface area contributed by atoms with Crippen LogP contribution < -0.4 is 10.0 Å². The van der Waals surface area contributed by atoms with E-state index in [-0.39, 0.29) is 28.0 Å². The first-order chi connectivity index (χ1) is 15.3. The Morgan fingerprint density at radius 1 is 1.00 bits per heavy atom. The smallest absolute Gasteiger partial charge is 0.354 e. The minimum atomic E-state index is -4.11. The Kier molecular flexibility index (Phi) is 7.57. The molecule has 0 unspecified atom stereocenters. The van der Waals surface area contributed by atoms with E-state index in [1.54, 1.807) is 12.1 Å². The Balaban J connectivity index is 1.53. The van der Waals surface area contributed by atoms with Crippen molar-refractivity contribution in [1.29, 1.82) is 0 Å². The van der Waals surface area contributed by atoms with Crippen LogP contribution in [0.2, 0.25) is 0 Å². The van der Waals surface area contributed by atoms with Crippen molar-refractivity contribution in [2.45, 2.75) is 43.4 Å². The minimum absolute atomic E-state index is 0.0797. The van der Waals surface area contributed by atoms with Crippen molar-refractivity contribution < 1.29 is 27.9 Å². The lowest BCUT2D eigenvalue weighted by atomic mass is 9.88. The number of carbonyl (C=O) groups excluding carboxylic acids is 2. The molecular formula is C22H25N3O6S. The molecule has 1 saturated carbocycles. The SMILES string of the molecule is O=C(NS(=O)(=O)c1ccc(CCNC(=O)C2CCCCC2)cc1)c1ccc(C(=O)O)nc1. The number of benzene rings is 1. The summed E-state index contributed by atoms with van der Waals surface area (Å²) in [7, 11) is -4.11. The van der Waals surface area contributed by atoms with Crippen molar-refractivity contribution in [3.63, 3.8) is 0 Å². The highest BCUT2D eigenvalue weighted by Gasteiger charge is 2.21. The summed E-state index contributed by atoms with van der Waals surface area (Å²) in [6, 6.07) is 8.35. The molecule has 1 aliphatic rings. The zero-order valence-corrected chi connectivity index (χ0v) is 18.2. The number of hydrogen-bond donors (Lipinski definition) is 3. The number of aromatic carboxylic acids is 1. The number of nitrogens with zero attached hydrogens (tertiary/aromatic N) is 1. The lowest BCUT2D eigenvalue weighted by molar-refractivity contribution is -0.125. The van der Waals surface area contributed by atoms with E-state index in [1.807, 2.05) is 4.72 Å². The molecule has 0 saturated heterocycles. The second-order valence-corrected chi connectivity index (χ2v) is 9.37. The quantitative estimate of drug-likeness (QED) is 0.549. The van der Waals surface area contributed by atoms with Gasteiger partial charge in [0.05, 0.1) is 10.5 Å². The van der Waals surface area contributed by atoms with Crippen LogP contribution in [-0.2, 0) is 21.2 Å². The number of pyridine rings is 1. The van der Waals surface area contributed by atoms with E-state index in [9.17, 15) is 22.8 Å². The second-order valence-electron chi connectivity index (χ2n) is 7.69. The van der Waals surface area contributed by atoms with Gasteiger partial charge >= 0.3 is 5.97 Å². The second kappa shape index (κ2) is 10.4. The molecule has 1 aromatic heterocycles. The van der Waals surface area contributed by atoms with E-state index in [4.69, 9.17) is 5.11 Å². The Bertz CT molecular complexity index is 1080. The molecule has 1 fully saturated rings. The molecule has 1 heterocycles. The lowest BCUT2D eigenvalue weighted by Gasteiger charge is -2.20. The van der Waals surface area contributed by atoms with Crippen LogP contribution in [0.5, 0.6) is 0 Å². The summed E-state index contributed by atoms with van der Waals surface area (Å²) in [6.07, 6.45) is 6.80. The standard InChI is InChI=1S/C22H25N3O6S/c26-20(16-4-2-1-3-5-16)23-13-12-15-6-9-18(10-7-15)32(30,31)25-21(27)17-8-11-19(22(28)29)24-14-17/h6-11,14,16H,1-5,12-13H2,(H,23,26)(H,25,27)(H,28,29). The summed E-state index contributed by atoms with van der Waals surface area (Å²) in [5.74, 6) is -1.99. The van der Waals surface area contributed by atoms with Gasteiger partial charge in [0.1, 0.15) is 5.69 Å². The van der Waals surface area contributed by atoms with Crippen LogP contribution in [0.1, 0.15) is 58.5 Å². The first kappa shape index (κ1) is 23.4. The summed E-state index contributed by atoms with van der Waals surface area (Å²) in [6.45, 7) is 0.470. The number of carbonyl (C=O) groups is 3. The third-order valence-electron chi connectivity index (χ3n) is 5.39. The first-order valence-electron chi connectivity index (χ1n) is 10.4. The molecule has 0 spiro atoms. The van der Waals surface area contributed by atoms with E-state index in [0.29, 0.717) is 13.0 Å². The molecule has 9 nitrogen and oxygen atoms in total. The van der Waals surface area contributed by atoms with Gasteiger partial charge in [0.25, 0.3) is 15.9 Å². The van der Waals surface area contributed by atoms with Crippen molar-refractivity contribution in [2.75, 3.05) is 6.54 Å². The molecule has 1 aromatic carbocycles. The molecule has 0 atom stereocenters. The van der Waals surface area contributed by atoms with Crippen LogP contribution in [0.25, 0.3) is 0 Å². The predicted molar refractivity (Wildman–Crippen MR) is 116 cm³/mol. The number of carboxylic acids is 1. The number of aromatic nitrogens is 1. The number of hydrogen-bond acceptors (Lipinski definition) is 6. The Morgan fingerprint density at radius 2 is 1.69 bits per heavy atom. The fourth-order valence-corrected chi connectivity index (χ4v) is 4.54. The number of rotatable bonds is 8. The van der Waals surface area contributed by atoms with Crippen LogP contribution in [0.3, 0.4) is 0 Å². The molecule has 170 valence electrons. The van der Waals surface area contributed by atoms with Gasteiger partial charge in [0.2, 0.25) is 5.91 Å².